The van der Waals surface area contributed by atoms with Crippen molar-refractivity contribution in [2.75, 3.05) is 11.4 Å². The number of aromatic nitrogens is 1. The van der Waals surface area contributed by atoms with Crippen LogP contribution in [0, 0.1) is 0 Å². The molecule has 0 aliphatic heterocycles. The van der Waals surface area contributed by atoms with Gasteiger partial charge in [-0.15, -0.1) is 0 Å². The molecule has 0 spiro atoms. The van der Waals surface area contributed by atoms with Gasteiger partial charge in [0.2, 0.25) is 0 Å². The summed E-state index contributed by atoms with van der Waals surface area (Å²) in [6.45, 7) is 2.39. The predicted molar refractivity (Wildman–Crippen MR) is 69.9 cm³/mol. The highest BCUT2D eigenvalue weighted by Crippen LogP contribution is 2.30. The first-order valence-corrected chi connectivity index (χ1v) is 6.36. The van der Waals surface area contributed by atoms with E-state index in [4.69, 9.17) is 5.73 Å². The number of nitrogens with two attached hydrogens (primary N) is 1. The molecule has 0 saturated heterocycles. The van der Waals surface area contributed by atoms with E-state index in [-0.39, 0.29) is 0 Å². The Morgan fingerprint density at radius 2 is 2.38 bits per heavy atom. The minimum Gasteiger partial charge on any atom is -0.351 e. The highest BCUT2D eigenvalue weighted by molar-refractivity contribution is 9.10. The van der Waals surface area contributed by atoms with Gasteiger partial charge < -0.3 is 5.73 Å². The van der Waals surface area contributed by atoms with Crippen molar-refractivity contribution in [3.8, 4) is 0 Å². The number of hydrogen-bond donors (Lipinski definition) is 1. The zero-order valence-electron chi connectivity index (χ0n) is 8.61. The van der Waals surface area contributed by atoms with E-state index in [0.29, 0.717) is 11.7 Å². The molecule has 6 heteroatoms. The van der Waals surface area contributed by atoms with Crippen molar-refractivity contribution in [2.24, 2.45) is 5.73 Å². The Labute approximate surface area is 105 Å². The number of urea groups is 1. The molecule has 0 atom stereocenters. The Morgan fingerprint density at radius 3 is 3.00 bits per heavy atom. The van der Waals surface area contributed by atoms with E-state index in [0.717, 1.165) is 14.7 Å². The number of anilines is 1. The predicted octanol–water partition coefficient (Wildman–Crippen LogP) is 2.96. The fourth-order valence-electron chi connectivity index (χ4n) is 1.39. The smallest absolute Gasteiger partial charge is 0.321 e. The summed E-state index contributed by atoms with van der Waals surface area (Å²) in [5, 5.41) is 0.642. The Kier molecular flexibility index (Phi) is 3.11. The Bertz CT molecular complexity index is 540. The maximum atomic E-state index is 11.2. The van der Waals surface area contributed by atoms with Crippen molar-refractivity contribution < 1.29 is 4.79 Å². The Hall–Kier alpha value is -1.14. The van der Waals surface area contributed by atoms with Crippen LogP contribution in [0.5, 0.6) is 0 Å². The number of halogens is 1. The van der Waals surface area contributed by atoms with Crippen LogP contribution in [0.3, 0.4) is 0 Å². The van der Waals surface area contributed by atoms with E-state index in [1.54, 1.807) is 0 Å². The summed E-state index contributed by atoms with van der Waals surface area (Å²) in [6, 6.07) is 5.34. The number of benzene rings is 1. The number of primary amides is 1. The van der Waals surface area contributed by atoms with Gasteiger partial charge in [0.1, 0.15) is 0 Å². The molecule has 2 aromatic rings. The number of carbonyl (C=O) groups is 1. The molecule has 2 amide bonds. The second-order valence-corrected chi connectivity index (χ2v) is 5.12. The van der Waals surface area contributed by atoms with Crippen LogP contribution in [-0.2, 0) is 0 Å². The highest BCUT2D eigenvalue weighted by atomic mass is 79.9. The molecule has 2 rings (SSSR count). The summed E-state index contributed by atoms with van der Waals surface area (Å²) < 4.78 is 2.03. The molecule has 0 bridgehead atoms. The van der Waals surface area contributed by atoms with Gasteiger partial charge in [-0.1, -0.05) is 27.3 Å². The standard InChI is InChI=1S/C10H10BrN3OS/c1-2-14(9(12)15)10-13-7-4-3-6(11)5-8(7)16-10/h3-5H,2H2,1H3,(H2,12,15). The van der Waals surface area contributed by atoms with E-state index in [2.05, 4.69) is 20.9 Å². The molecule has 0 aliphatic rings. The van der Waals surface area contributed by atoms with Crippen LogP contribution in [-0.4, -0.2) is 17.6 Å². The minimum absolute atomic E-state index is 0.472. The molecule has 84 valence electrons. The van der Waals surface area contributed by atoms with Gasteiger partial charge in [0.15, 0.2) is 5.13 Å². The molecule has 1 heterocycles. The first kappa shape index (κ1) is 11.3. The summed E-state index contributed by atoms with van der Waals surface area (Å²) in [4.78, 5) is 17.0. The molecule has 0 radical (unpaired) electrons. The second-order valence-electron chi connectivity index (χ2n) is 3.19. The summed E-state index contributed by atoms with van der Waals surface area (Å²) in [6.07, 6.45) is 0. The third kappa shape index (κ3) is 2.03. The second kappa shape index (κ2) is 4.39. The van der Waals surface area contributed by atoms with Crippen molar-refractivity contribution in [3.63, 3.8) is 0 Å². The number of thiazole rings is 1. The minimum atomic E-state index is -0.472. The molecule has 4 nitrogen and oxygen atoms in total. The van der Waals surface area contributed by atoms with Gasteiger partial charge in [-0.05, 0) is 25.1 Å². The van der Waals surface area contributed by atoms with Gasteiger partial charge in [-0.2, -0.15) is 0 Å². The third-order valence-electron chi connectivity index (χ3n) is 2.15. The van der Waals surface area contributed by atoms with Gasteiger partial charge >= 0.3 is 6.03 Å². The van der Waals surface area contributed by atoms with Crippen LogP contribution in [0.25, 0.3) is 10.2 Å². The van der Waals surface area contributed by atoms with E-state index < -0.39 is 6.03 Å². The number of rotatable bonds is 2. The SMILES string of the molecule is CCN(C(N)=O)c1nc2ccc(Br)cc2s1. The van der Waals surface area contributed by atoms with E-state index in [9.17, 15) is 4.79 Å². The summed E-state index contributed by atoms with van der Waals surface area (Å²) >= 11 is 4.85. The lowest BCUT2D eigenvalue weighted by Crippen LogP contribution is -2.35. The van der Waals surface area contributed by atoms with Crippen molar-refractivity contribution in [1.82, 2.24) is 4.98 Å². The maximum absolute atomic E-state index is 11.2. The lowest BCUT2D eigenvalue weighted by atomic mass is 10.3. The fraction of sp³-hybridized carbons (Fsp3) is 0.200. The Morgan fingerprint density at radius 1 is 1.62 bits per heavy atom. The maximum Gasteiger partial charge on any atom is 0.321 e. The van der Waals surface area contributed by atoms with Crippen LogP contribution in [0.15, 0.2) is 22.7 Å². The number of nitrogens with zero attached hydrogens (tertiary/aromatic N) is 2. The van der Waals surface area contributed by atoms with Crippen molar-refractivity contribution >= 4 is 48.6 Å². The van der Waals surface area contributed by atoms with Gasteiger partial charge in [0.25, 0.3) is 0 Å². The van der Waals surface area contributed by atoms with Crippen LogP contribution >= 0.6 is 27.3 Å². The quantitative estimate of drug-likeness (QED) is 0.927. The normalized spacial score (nSPS) is 10.6. The number of hydrogen-bond acceptors (Lipinski definition) is 3. The third-order valence-corrected chi connectivity index (χ3v) is 3.69. The van der Waals surface area contributed by atoms with Crippen LogP contribution < -0.4 is 10.6 Å². The molecule has 0 unspecified atom stereocenters. The van der Waals surface area contributed by atoms with E-state index in [1.165, 1.54) is 16.2 Å². The lowest BCUT2D eigenvalue weighted by molar-refractivity contribution is 0.254. The molecule has 2 N–H and O–H groups in total. The molecule has 1 aromatic heterocycles. The average Bonchev–Trinajstić information content (AvgIpc) is 2.60. The molecular formula is C10H10BrN3OS. The monoisotopic (exact) mass is 299 g/mol. The first-order chi connectivity index (χ1) is 7.61. The largest absolute Gasteiger partial charge is 0.351 e. The molecular weight excluding hydrogens is 290 g/mol. The number of carbonyl (C=O) groups excluding carboxylic acids is 1. The highest BCUT2D eigenvalue weighted by Gasteiger charge is 2.14. The molecule has 0 saturated carbocycles. The fourth-order valence-corrected chi connectivity index (χ4v) is 2.97. The first-order valence-electron chi connectivity index (χ1n) is 4.75. The molecule has 0 aliphatic carbocycles. The summed E-state index contributed by atoms with van der Waals surface area (Å²) in [5.74, 6) is 0. The topological polar surface area (TPSA) is 59.2 Å². The lowest BCUT2D eigenvalue weighted by Gasteiger charge is -2.13. The van der Waals surface area contributed by atoms with Crippen LogP contribution in [0.1, 0.15) is 6.92 Å². The summed E-state index contributed by atoms with van der Waals surface area (Å²) in [7, 11) is 0. The van der Waals surface area contributed by atoms with Gasteiger partial charge in [-0.25, -0.2) is 9.78 Å². The molecule has 0 fully saturated rings. The zero-order chi connectivity index (χ0) is 11.7. The number of fused-ring (bicyclic) bond motifs is 1. The van der Waals surface area contributed by atoms with Gasteiger partial charge in [0, 0.05) is 11.0 Å². The van der Waals surface area contributed by atoms with Gasteiger partial charge in [0.05, 0.1) is 10.2 Å². The van der Waals surface area contributed by atoms with Crippen molar-refractivity contribution in [3.05, 3.63) is 22.7 Å². The zero-order valence-corrected chi connectivity index (χ0v) is 11.0. The molecule has 1 aromatic carbocycles. The molecule has 16 heavy (non-hydrogen) atoms. The van der Waals surface area contributed by atoms with E-state index in [1.807, 2.05) is 25.1 Å². The van der Waals surface area contributed by atoms with Crippen LogP contribution in [0.4, 0.5) is 9.93 Å². The Balaban J connectivity index is 2.49. The number of amides is 2. The van der Waals surface area contributed by atoms with Crippen molar-refractivity contribution in [2.45, 2.75) is 6.92 Å². The van der Waals surface area contributed by atoms with Gasteiger partial charge in [-0.3, -0.25) is 4.90 Å². The average molecular weight is 300 g/mol. The van der Waals surface area contributed by atoms with E-state index >= 15 is 0 Å². The van der Waals surface area contributed by atoms with Crippen LogP contribution in [0.2, 0.25) is 0 Å². The summed E-state index contributed by atoms with van der Waals surface area (Å²) in [5.41, 5.74) is 6.15. The van der Waals surface area contributed by atoms with Crippen molar-refractivity contribution in [1.29, 1.82) is 0 Å².